The van der Waals surface area contributed by atoms with E-state index in [2.05, 4.69) is 10.6 Å². The van der Waals surface area contributed by atoms with E-state index in [1.54, 1.807) is 20.8 Å². The fourth-order valence-electron chi connectivity index (χ4n) is 2.68. The first-order chi connectivity index (χ1) is 12.6. The number of ether oxygens (including phenoxy) is 2. The minimum atomic E-state index is -1.01. The van der Waals surface area contributed by atoms with Gasteiger partial charge in [-0.3, -0.25) is 10.1 Å². The highest BCUT2D eigenvalue weighted by Gasteiger charge is 2.35. The quantitative estimate of drug-likeness (QED) is 0.391. The van der Waals surface area contributed by atoms with Crippen LogP contribution >= 0.6 is 0 Å². The van der Waals surface area contributed by atoms with Crippen LogP contribution in [-0.2, 0) is 9.53 Å². The predicted octanol–water partition coefficient (Wildman–Crippen LogP) is 2.28. The van der Waals surface area contributed by atoms with Crippen LogP contribution in [0.1, 0.15) is 39.3 Å². The molecule has 2 rings (SSSR count). The average Bonchev–Trinajstić information content (AvgIpc) is 2.55. The van der Waals surface area contributed by atoms with Crippen molar-refractivity contribution in [1.82, 2.24) is 10.6 Å². The topological polar surface area (TPSA) is 140 Å². The molecule has 0 radical (unpaired) electrons. The Bertz CT molecular complexity index is 817. The third-order valence-electron chi connectivity index (χ3n) is 3.74. The molecule has 0 bridgehead atoms. The third kappa shape index (κ3) is 4.27. The Hall–Kier alpha value is -3.30. The van der Waals surface area contributed by atoms with E-state index in [4.69, 9.17) is 9.47 Å². The van der Waals surface area contributed by atoms with Gasteiger partial charge in [0.2, 0.25) is 5.75 Å². The molecule has 3 N–H and O–H groups in total. The summed E-state index contributed by atoms with van der Waals surface area (Å²) in [5.74, 6) is -1.42. The number of urea groups is 1. The number of phenolic OH excluding ortho intramolecular Hbond substituents is 1. The summed E-state index contributed by atoms with van der Waals surface area (Å²) in [7, 11) is 0. The molecule has 0 saturated carbocycles. The highest BCUT2D eigenvalue weighted by molar-refractivity contribution is 5.95. The van der Waals surface area contributed by atoms with Gasteiger partial charge in [-0.25, -0.2) is 9.59 Å². The minimum absolute atomic E-state index is 0.103. The van der Waals surface area contributed by atoms with E-state index in [-0.39, 0.29) is 29.2 Å². The van der Waals surface area contributed by atoms with Crippen LogP contribution in [-0.4, -0.2) is 34.7 Å². The van der Waals surface area contributed by atoms with Gasteiger partial charge in [0, 0.05) is 11.8 Å². The number of rotatable bonds is 6. The van der Waals surface area contributed by atoms with Gasteiger partial charge in [-0.1, -0.05) is 0 Å². The van der Waals surface area contributed by atoms with E-state index < -0.39 is 40.5 Å². The van der Waals surface area contributed by atoms with Gasteiger partial charge in [0.05, 0.1) is 29.2 Å². The lowest BCUT2D eigenvalue weighted by Crippen LogP contribution is -2.45. The van der Waals surface area contributed by atoms with Crippen molar-refractivity contribution < 1.29 is 29.1 Å². The van der Waals surface area contributed by atoms with E-state index >= 15 is 0 Å². The van der Waals surface area contributed by atoms with Gasteiger partial charge in [0.15, 0.2) is 5.75 Å². The average molecular weight is 379 g/mol. The van der Waals surface area contributed by atoms with Crippen LogP contribution < -0.4 is 15.4 Å². The zero-order chi connectivity index (χ0) is 20.3. The molecule has 1 aromatic rings. The number of benzene rings is 1. The molecule has 0 aliphatic carbocycles. The molecular weight excluding hydrogens is 358 g/mol. The summed E-state index contributed by atoms with van der Waals surface area (Å²) in [4.78, 5) is 35.0. The monoisotopic (exact) mass is 379 g/mol. The van der Waals surface area contributed by atoms with Gasteiger partial charge in [0.1, 0.15) is 0 Å². The van der Waals surface area contributed by atoms with E-state index in [1.807, 2.05) is 0 Å². The maximum atomic E-state index is 12.5. The molecule has 0 aromatic heterocycles. The van der Waals surface area contributed by atoms with Gasteiger partial charge in [-0.2, -0.15) is 0 Å². The fourth-order valence-corrected chi connectivity index (χ4v) is 2.68. The first-order valence-electron chi connectivity index (χ1n) is 8.29. The first-order valence-corrected chi connectivity index (χ1v) is 8.29. The molecule has 10 heteroatoms. The van der Waals surface area contributed by atoms with Gasteiger partial charge in [-0.05, 0) is 39.3 Å². The van der Waals surface area contributed by atoms with Crippen molar-refractivity contribution in [1.29, 1.82) is 0 Å². The molecule has 0 spiro atoms. The number of carbonyl (C=O) groups excluding carboxylic acids is 2. The number of nitro benzene ring substituents is 1. The Labute approximate surface area is 155 Å². The second kappa shape index (κ2) is 7.94. The van der Waals surface area contributed by atoms with Crippen molar-refractivity contribution in [2.24, 2.45) is 0 Å². The highest BCUT2D eigenvalue weighted by Crippen LogP contribution is 2.40. The number of hydrogen-bond acceptors (Lipinski definition) is 7. The van der Waals surface area contributed by atoms with Crippen molar-refractivity contribution in [2.75, 3.05) is 6.61 Å². The molecule has 1 aromatic carbocycles. The Morgan fingerprint density at radius 1 is 1.41 bits per heavy atom. The van der Waals surface area contributed by atoms with Crippen molar-refractivity contribution in [2.45, 2.75) is 39.8 Å². The minimum Gasteiger partial charge on any atom is -0.500 e. The van der Waals surface area contributed by atoms with Crippen LogP contribution in [0.3, 0.4) is 0 Å². The number of nitrogens with one attached hydrogen (secondary N) is 2. The number of hydrogen-bond donors (Lipinski definition) is 3. The highest BCUT2D eigenvalue weighted by atomic mass is 16.6. The van der Waals surface area contributed by atoms with E-state index in [1.165, 1.54) is 13.0 Å². The summed E-state index contributed by atoms with van der Waals surface area (Å²) in [6.07, 6.45) is -0.399. The van der Waals surface area contributed by atoms with Gasteiger partial charge >= 0.3 is 17.7 Å². The second-order valence-electron chi connectivity index (χ2n) is 6.10. The summed E-state index contributed by atoms with van der Waals surface area (Å²) in [6, 6.07) is 0.845. The molecule has 146 valence electrons. The Morgan fingerprint density at radius 3 is 2.63 bits per heavy atom. The number of allylic oxidation sites excluding steroid dienone is 1. The van der Waals surface area contributed by atoms with Crippen LogP contribution in [0.2, 0.25) is 0 Å². The summed E-state index contributed by atoms with van der Waals surface area (Å²) in [5, 5.41) is 26.4. The molecule has 0 saturated heterocycles. The van der Waals surface area contributed by atoms with Gasteiger partial charge in [0.25, 0.3) is 0 Å². The van der Waals surface area contributed by atoms with E-state index in [0.717, 1.165) is 6.07 Å². The van der Waals surface area contributed by atoms with Crippen molar-refractivity contribution in [3.8, 4) is 11.5 Å². The largest absolute Gasteiger partial charge is 0.500 e. The number of aromatic hydroxyl groups is 1. The third-order valence-corrected chi connectivity index (χ3v) is 3.74. The van der Waals surface area contributed by atoms with Crippen molar-refractivity contribution in [3.05, 3.63) is 39.1 Å². The summed E-state index contributed by atoms with van der Waals surface area (Å²) in [5.41, 5.74) is -0.0281. The molecular formula is C17H21N3O7. The molecule has 2 amide bonds. The Kier molecular flexibility index (Phi) is 5.88. The Balaban J connectivity index is 2.61. The van der Waals surface area contributed by atoms with E-state index in [0.29, 0.717) is 0 Å². The van der Waals surface area contributed by atoms with Crippen molar-refractivity contribution >= 4 is 17.7 Å². The number of nitro groups is 1. The molecule has 10 nitrogen and oxygen atoms in total. The molecule has 1 atom stereocenters. The van der Waals surface area contributed by atoms with Crippen LogP contribution in [0.15, 0.2) is 23.4 Å². The van der Waals surface area contributed by atoms with Crippen LogP contribution in [0.4, 0.5) is 10.5 Å². The van der Waals surface area contributed by atoms with Crippen LogP contribution in [0.5, 0.6) is 11.5 Å². The normalized spacial score (nSPS) is 16.6. The SMILES string of the molecule is CCOc1cc([C@@H]2NC(=O)NC(C)=C2C(=O)OC(C)C)cc([N+](=O)[O-])c1O. The number of nitrogens with zero attached hydrogens (tertiary/aromatic N) is 1. The predicted molar refractivity (Wildman–Crippen MR) is 94.3 cm³/mol. The Morgan fingerprint density at radius 2 is 2.07 bits per heavy atom. The molecule has 0 unspecified atom stereocenters. The zero-order valence-electron chi connectivity index (χ0n) is 15.4. The maximum Gasteiger partial charge on any atom is 0.338 e. The molecule has 0 fully saturated rings. The first kappa shape index (κ1) is 20.0. The second-order valence-corrected chi connectivity index (χ2v) is 6.10. The van der Waals surface area contributed by atoms with Crippen LogP contribution in [0, 0.1) is 10.1 Å². The fraction of sp³-hybridized carbons (Fsp3) is 0.412. The van der Waals surface area contributed by atoms with E-state index in [9.17, 15) is 24.8 Å². The number of esters is 1. The summed E-state index contributed by atoms with van der Waals surface area (Å²) < 4.78 is 10.5. The molecule has 1 aliphatic heterocycles. The number of amides is 2. The lowest BCUT2D eigenvalue weighted by atomic mass is 9.94. The lowest BCUT2D eigenvalue weighted by molar-refractivity contribution is -0.386. The van der Waals surface area contributed by atoms with Gasteiger partial charge < -0.3 is 25.2 Å². The molecule has 27 heavy (non-hydrogen) atoms. The summed E-state index contributed by atoms with van der Waals surface area (Å²) >= 11 is 0. The lowest BCUT2D eigenvalue weighted by Gasteiger charge is -2.28. The number of phenols is 1. The summed E-state index contributed by atoms with van der Waals surface area (Å²) in [6.45, 7) is 6.69. The maximum absolute atomic E-state index is 12.5. The zero-order valence-corrected chi connectivity index (χ0v) is 15.4. The number of carbonyl (C=O) groups is 2. The van der Waals surface area contributed by atoms with Gasteiger partial charge in [-0.15, -0.1) is 0 Å². The smallest absolute Gasteiger partial charge is 0.338 e. The molecule has 1 heterocycles. The van der Waals surface area contributed by atoms with Crippen LogP contribution in [0.25, 0.3) is 0 Å². The van der Waals surface area contributed by atoms with Crippen molar-refractivity contribution in [3.63, 3.8) is 0 Å². The standard InChI is InChI=1S/C17H21N3O7/c1-5-26-12-7-10(6-11(15(12)21)20(24)25)14-13(16(22)27-8(2)3)9(4)18-17(23)19-14/h6-8,14,21H,5H2,1-4H3,(H2,18,19,23)/t14-/m0/s1. The molecule has 1 aliphatic rings.